The maximum atomic E-state index is 15.1. The van der Waals surface area contributed by atoms with Gasteiger partial charge in [0.1, 0.15) is 29.8 Å². The smallest absolute Gasteiger partial charge is 0.137 e. The van der Waals surface area contributed by atoms with Crippen molar-refractivity contribution in [1.82, 2.24) is 9.55 Å². The summed E-state index contributed by atoms with van der Waals surface area (Å²) in [4.78, 5) is 10.1. The van der Waals surface area contributed by atoms with E-state index in [-0.39, 0.29) is 16.6 Å². The second kappa shape index (κ2) is 23.0. The number of rotatable bonds is 12. The van der Waals surface area contributed by atoms with Crippen molar-refractivity contribution in [3.8, 4) is 50.7 Å². The molecule has 10 aromatic rings. The van der Waals surface area contributed by atoms with E-state index in [1.807, 2.05) is 18.3 Å². The van der Waals surface area contributed by atoms with Crippen molar-refractivity contribution < 1.29 is 9.13 Å². The number of hydrogen-bond donors (Lipinski definition) is 0. The van der Waals surface area contributed by atoms with Crippen molar-refractivity contribution in [3.63, 3.8) is 0 Å². The van der Waals surface area contributed by atoms with Gasteiger partial charge < -0.3 is 14.5 Å². The number of para-hydroxylation sites is 3. The van der Waals surface area contributed by atoms with E-state index in [1.54, 1.807) is 12.1 Å². The third-order valence-corrected chi connectivity index (χ3v) is 19.2. The number of ether oxygens (including phenoxy) is 1. The average Bonchev–Trinajstić information content (AvgIpc) is 2.07. The van der Waals surface area contributed by atoms with Crippen LogP contribution in [-0.4, -0.2) is 16.2 Å². The molecule has 0 atom stereocenters. The molecule has 0 N–H and O–H groups in total. The van der Waals surface area contributed by atoms with Gasteiger partial charge in [-0.05, 0) is 195 Å². The molecule has 0 amide bonds. The second-order valence-electron chi connectivity index (χ2n) is 27.8. The highest BCUT2D eigenvalue weighted by atomic mass is 19.1. The molecule has 1 aliphatic heterocycles. The summed E-state index contributed by atoms with van der Waals surface area (Å²) in [6.45, 7) is 23.4. The Morgan fingerprint density at radius 1 is 0.488 bits per heavy atom. The predicted molar refractivity (Wildman–Crippen MR) is 361 cm³/mol. The quantitative estimate of drug-likeness (QED) is 0.122. The zero-order valence-corrected chi connectivity index (χ0v) is 52.4. The molecule has 0 bridgehead atoms. The molecule has 438 valence electrons. The van der Waals surface area contributed by atoms with E-state index < -0.39 is 0 Å². The summed E-state index contributed by atoms with van der Waals surface area (Å²) in [6.07, 6.45) is 14.5. The summed E-state index contributed by atoms with van der Waals surface area (Å²) in [5.41, 5.74) is 21.5. The van der Waals surface area contributed by atoms with Crippen molar-refractivity contribution in [2.24, 2.45) is 0 Å². The van der Waals surface area contributed by atoms with Gasteiger partial charge in [-0.25, -0.2) is 9.37 Å². The largest absolute Gasteiger partial charge is 0.457 e. The van der Waals surface area contributed by atoms with Crippen molar-refractivity contribution in [2.45, 2.75) is 168 Å². The number of benzene rings is 8. The number of aromatic nitrogens is 2. The standard InChI is InChI=1S/C80H85FN4O/c1-51(2)56-40-57(52(3)4)42-58(41-56)71-46-61(80(8,9)10)45-70(55-32-34-62(81)35-33-55)78(71)84-50-83(73-30-19-20-31-74(73)84)63-43-59(77-66(53-22-13-11-14-23-53)27-21-28-67(77)54-24-15-12-16-25-54)44-65(48-63)86-64-36-37-69-68-26-17-18-29-72(68)85(75(69)49-64)76-47-60(38-39-82-76)79(5,6)7/h17-21,26-49,51-54H,11-16,22-25,50H2,1-10H3. The van der Waals surface area contributed by atoms with E-state index in [1.165, 1.54) is 125 Å². The maximum Gasteiger partial charge on any atom is 0.137 e. The van der Waals surface area contributed by atoms with Gasteiger partial charge in [-0.2, -0.15) is 0 Å². The fourth-order valence-electron chi connectivity index (χ4n) is 14.3. The molecule has 3 heterocycles. The molecule has 2 aliphatic carbocycles. The SMILES string of the molecule is CC(C)c1cc(-c2cc(C(C)(C)C)cc(-c3ccc(F)cc3)c2N2CN(c3cc(Oc4ccc5c6ccccc6n(-c6cc(C(C)(C)C)ccn6)c5c4)cc(-c4c(C5CCCCC5)cccc4C4CCCCC4)c3)c3ccccc32)cc(C(C)C)c1. The number of fused-ring (bicyclic) bond motifs is 4. The van der Waals surface area contributed by atoms with Crippen LogP contribution in [0.25, 0.3) is 61.0 Å². The Kier molecular flexibility index (Phi) is 15.3. The first-order valence-electron chi connectivity index (χ1n) is 32.2. The maximum absolute atomic E-state index is 15.1. The van der Waals surface area contributed by atoms with Gasteiger partial charge in [0.25, 0.3) is 0 Å². The summed E-state index contributed by atoms with van der Waals surface area (Å²) in [5, 5.41) is 2.34. The highest BCUT2D eigenvalue weighted by molar-refractivity contribution is 6.09. The van der Waals surface area contributed by atoms with Crippen molar-refractivity contribution >= 4 is 44.6 Å². The molecule has 8 aromatic carbocycles. The summed E-state index contributed by atoms with van der Waals surface area (Å²) in [6, 6.07) is 62.3. The lowest BCUT2D eigenvalue weighted by Crippen LogP contribution is -2.25. The van der Waals surface area contributed by atoms with Crippen LogP contribution in [0.15, 0.2) is 176 Å². The van der Waals surface area contributed by atoms with Gasteiger partial charge in [-0.15, -0.1) is 0 Å². The third kappa shape index (κ3) is 11.0. The van der Waals surface area contributed by atoms with Crippen LogP contribution in [0.4, 0.5) is 27.1 Å². The van der Waals surface area contributed by atoms with Crippen LogP contribution in [0.3, 0.4) is 0 Å². The topological polar surface area (TPSA) is 33.5 Å². The first-order chi connectivity index (χ1) is 41.4. The number of pyridine rings is 1. The number of hydrogen-bond acceptors (Lipinski definition) is 4. The Bertz CT molecular complexity index is 4080. The molecule has 86 heavy (non-hydrogen) atoms. The summed E-state index contributed by atoms with van der Waals surface area (Å²) in [5.74, 6) is 3.88. The molecule has 2 fully saturated rings. The van der Waals surface area contributed by atoms with Crippen molar-refractivity contribution in [1.29, 1.82) is 0 Å². The number of nitrogens with zero attached hydrogens (tertiary/aromatic N) is 4. The molecule has 0 unspecified atom stereocenters. The molecule has 3 aliphatic rings. The molecule has 0 spiro atoms. The molecule has 13 rings (SSSR count). The van der Waals surface area contributed by atoms with Gasteiger partial charge in [-0.1, -0.05) is 187 Å². The van der Waals surface area contributed by atoms with Crippen LogP contribution >= 0.6 is 0 Å². The van der Waals surface area contributed by atoms with Crippen molar-refractivity contribution in [3.05, 3.63) is 215 Å². The highest BCUT2D eigenvalue weighted by Gasteiger charge is 2.35. The Labute approximate surface area is 510 Å². The second-order valence-corrected chi connectivity index (χ2v) is 27.8. The van der Waals surface area contributed by atoms with Crippen molar-refractivity contribution in [2.75, 3.05) is 16.5 Å². The van der Waals surface area contributed by atoms with Gasteiger partial charge in [0, 0.05) is 45.9 Å². The number of halogens is 1. The Morgan fingerprint density at radius 3 is 1.71 bits per heavy atom. The van der Waals surface area contributed by atoms with Crippen LogP contribution < -0.4 is 14.5 Å². The minimum Gasteiger partial charge on any atom is -0.457 e. The zero-order chi connectivity index (χ0) is 59.6. The normalized spacial score (nSPS) is 15.4. The lowest BCUT2D eigenvalue weighted by atomic mass is 9.75. The van der Waals surface area contributed by atoms with Gasteiger partial charge >= 0.3 is 0 Å². The fraction of sp³-hybridized carbons (Fsp3) is 0.338. The molecule has 2 aromatic heterocycles. The molecule has 2 saturated carbocycles. The average molecular weight is 1140 g/mol. The summed E-state index contributed by atoms with van der Waals surface area (Å²) in [7, 11) is 0. The minimum atomic E-state index is -0.244. The first-order valence-corrected chi connectivity index (χ1v) is 32.2. The van der Waals surface area contributed by atoms with E-state index in [4.69, 9.17) is 9.72 Å². The van der Waals surface area contributed by atoms with Crippen LogP contribution in [0.2, 0.25) is 0 Å². The lowest BCUT2D eigenvalue weighted by molar-refractivity contribution is 0.436. The van der Waals surface area contributed by atoms with Gasteiger partial charge in [0.05, 0.1) is 28.1 Å². The van der Waals surface area contributed by atoms with E-state index in [2.05, 4.69) is 229 Å². The Hall–Kier alpha value is -7.96. The summed E-state index contributed by atoms with van der Waals surface area (Å²) < 4.78 is 24.9. The van der Waals surface area contributed by atoms with Crippen LogP contribution in [0.5, 0.6) is 11.5 Å². The molecule has 0 saturated heterocycles. The zero-order valence-electron chi connectivity index (χ0n) is 52.4. The van der Waals surface area contributed by atoms with E-state index in [0.29, 0.717) is 30.3 Å². The highest BCUT2D eigenvalue weighted by Crippen LogP contribution is 2.54. The minimum absolute atomic E-state index is 0.0478. The van der Waals surface area contributed by atoms with Crippen LogP contribution in [-0.2, 0) is 10.8 Å². The third-order valence-electron chi connectivity index (χ3n) is 19.2. The molecule has 5 nitrogen and oxygen atoms in total. The van der Waals surface area contributed by atoms with Gasteiger partial charge in [0.15, 0.2) is 0 Å². The lowest BCUT2D eigenvalue weighted by Gasteiger charge is -2.31. The van der Waals surface area contributed by atoms with E-state index in [0.717, 1.165) is 67.6 Å². The van der Waals surface area contributed by atoms with Gasteiger partial charge in [-0.3, -0.25) is 4.57 Å². The van der Waals surface area contributed by atoms with Crippen LogP contribution in [0.1, 0.15) is 190 Å². The molecular weight excluding hydrogens is 1050 g/mol. The summed E-state index contributed by atoms with van der Waals surface area (Å²) >= 11 is 0. The molecule has 6 heteroatoms. The predicted octanol–water partition coefficient (Wildman–Crippen LogP) is 23.3. The first kappa shape index (κ1) is 57.1. The number of anilines is 4. The Morgan fingerprint density at radius 2 is 1.08 bits per heavy atom. The van der Waals surface area contributed by atoms with E-state index in [9.17, 15) is 0 Å². The van der Waals surface area contributed by atoms with E-state index >= 15 is 4.39 Å². The van der Waals surface area contributed by atoms with Gasteiger partial charge in [0.2, 0.25) is 0 Å². The van der Waals surface area contributed by atoms with Crippen LogP contribution in [0, 0.1) is 5.82 Å². The monoisotopic (exact) mass is 1140 g/mol. The fourth-order valence-corrected chi connectivity index (χ4v) is 14.3. The molecule has 0 radical (unpaired) electrons. The Balaban J connectivity index is 1.03. The molecular formula is C80H85FN4O.